The molecule has 0 saturated carbocycles. The molecule has 4 aromatic rings. The maximum atomic E-state index is 12.7. The molecule has 0 atom stereocenters. The molecule has 1 amide bonds. The van der Waals surface area contributed by atoms with E-state index in [0.29, 0.717) is 17.9 Å². The Labute approximate surface area is 190 Å². The van der Waals surface area contributed by atoms with E-state index in [-0.39, 0.29) is 5.91 Å². The number of nitrogens with one attached hydrogen (secondary N) is 2. The van der Waals surface area contributed by atoms with Crippen LogP contribution in [0, 0.1) is 0 Å². The molecule has 2 N–H and O–H groups in total. The molecular weight excluding hydrogens is 418 g/mol. The van der Waals surface area contributed by atoms with Crippen LogP contribution in [0.15, 0.2) is 55.2 Å². The molecule has 5 heterocycles. The first kappa shape index (κ1) is 19.7. The lowest BCUT2D eigenvalue weighted by molar-refractivity contribution is 0.0966. The number of fused-ring (bicyclic) bond motifs is 2. The molecule has 0 unspecified atom stereocenters. The van der Waals surface area contributed by atoms with Gasteiger partial charge >= 0.3 is 0 Å². The Bertz CT molecular complexity index is 1320. The molecule has 2 aliphatic rings. The van der Waals surface area contributed by atoms with E-state index in [9.17, 15) is 4.79 Å². The van der Waals surface area contributed by atoms with Crippen LogP contribution in [-0.2, 0) is 11.3 Å². The highest BCUT2D eigenvalue weighted by Crippen LogP contribution is 2.35. The molecule has 6 rings (SSSR count). The molecule has 1 fully saturated rings. The molecule has 1 saturated heterocycles. The summed E-state index contributed by atoms with van der Waals surface area (Å²) < 4.78 is 7.52. The molecule has 3 aromatic heterocycles. The van der Waals surface area contributed by atoms with Crippen LogP contribution in [0.2, 0.25) is 0 Å². The van der Waals surface area contributed by atoms with Gasteiger partial charge in [0.25, 0.3) is 5.91 Å². The average Bonchev–Trinajstić information content (AvgIpc) is 3.34. The largest absolute Gasteiger partial charge is 0.380 e. The van der Waals surface area contributed by atoms with Crippen molar-refractivity contribution in [1.29, 1.82) is 0 Å². The lowest BCUT2D eigenvalue weighted by Gasteiger charge is -2.21. The van der Waals surface area contributed by atoms with Gasteiger partial charge in [-0.05, 0) is 30.2 Å². The summed E-state index contributed by atoms with van der Waals surface area (Å²) in [4.78, 5) is 28.2. The highest BCUT2D eigenvalue weighted by atomic mass is 16.5. The van der Waals surface area contributed by atoms with Gasteiger partial charge in [0.05, 0.1) is 47.8 Å². The summed E-state index contributed by atoms with van der Waals surface area (Å²) >= 11 is 0. The number of hydrogen-bond donors (Lipinski definition) is 2. The number of aromatic nitrogens is 4. The van der Waals surface area contributed by atoms with Gasteiger partial charge in [0.2, 0.25) is 0 Å². The Kier molecular flexibility index (Phi) is 4.88. The van der Waals surface area contributed by atoms with Crippen LogP contribution >= 0.6 is 0 Å². The van der Waals surface area contributed by atoms with Crippen molar-refractivity contribution >= 4 is 28.7 Å². The van der Waals surface area contributed by atoms with Crippen molar-refractivity contribution in [2.75, 3.05) is 36.5 Å². The zero-order valence-electron chi connectivity index (χ0n) is 18.0. The lowest BCUT2D eigenvalue weighted by atomic mass is 9.99. The molecule has 1 aromatic carbocycles. The summed E-state index contributed by atoms with van der Waals surface area (Å²) in [7, 11) is 0. The first-order valence-electron chi connectivity index (χ1n) is 11.1. The maximum absolute atomic E-state index is 12.7. The number of pyridine rings is 1. The topological polar surface area (TPSA) is 96.7 Å². The van der Waals surface area contributed by atoms with Crippen LogP contribution in [0.5, 0.6) is 0 Å². The van der Waals surface area contributed by atoms with Gasteiger partial charge < -0.3 is 20.3 Å². The molecule has 0 spiro atoms. The highest BCUT2D eigenvalue weighted by Gasteiger charge is 2.27. The van der Waals surface area contributed by atoms with Crippen LogP contribution in [0.3, 0.4) is 0 Å². The van der Waals surface area contributed by atoms with Gasteiger partial charge in [-0.25, -0.2) is 9.97 Å². The number of rotatable bonds is 4. The normalized spacial score (nSPS) is 15.9. The van der Waals surface area contributed by atoms with Gasteiger partial charge in [-0.15, -0.1) is 0 Å². The van der Waals surface area contributed by atoms with E-state index in [4.69, 9.17) is 4.74 Å². The standard InChI is InChI=1S/C24H23N7O2/c32-24-23-18(13-28-24)17(20-14-27-22-15-25-6-8-31(20)22)3-4-19(23)29-21-5-2-16(12-26-21)30-7-1-10-33-11-9-30/h2-6,8,12,14-15H,1,7,9-11,13H2,(H,26,29)(H,28,32). The summed E-state index contributed by atoms with van der Waals surface area (Å²) in [6.07, 6.45) is 10.0. The van der Waals surface area contributed by atoms with E-state index in [0.717, 1.165) is 66.6 Å². The van der Waals surface area contributed by atoms with Crippen LogP contribution < -0.4 is 15.5 Å². The van der Waals surface area contributed by atoms with Crippen LogP contribution in [-0.4, -0.2) is 51.6 Å². The molecule has 9 heteroatoms. The number of amides is 1. The quantitative estimate of drug-likeness (QED) is 0.503. The monoisotopic (exact) mass is 441 g/mol. The highest BCUT2D eigenvalue weighted by molar-refractivity contribution is 6.06. The van der Waals surface area contributed by atoms with E-state index in [1.807, 2.05) is 41.2 Å². The molecule has 2 aliphatic heterocycles. The average molecular weight is 441 g/mol. The summed E-state index contributed by atoms with van der Waals surface area (Å²) in [5.74, 6) is 0.603. The minimum absolute atomic E-state index is 0.0916. The minimum atomic E-state index is -0.0916. The van der Waals surface area contributed by atoms with E-state index in [1.165, 1.54) is 0 Å². The first-order chi connectivity index (χ1) is 16.3. The molecular formula is C24H23N7O2. The van der Waals surface area contributed by atoms with E-state index < -0.39 is 0 Å². The zero-order valence-corrected chi connectivity index (χ0v) is 18.0. The molecule has 0 radical (unpaired) electrons. The van der Waals surface area contributed by atoms with Crippen molar-refractivity contribution < 1.29 is 9.53 Å². The fraction of sp³-hybridized carbons (Fsp3) is 0.250. The Morgan fingerprint density at radius 1 is 1.03 bits per heavy atom. The minimum Gasteiger partial charge on any atom is -0.380 e. The van der Waals surface area contributed by atoms with Crippen molar-refractivity contribution in [3.05, 3.63) is 66.4 Å². The second-order valence-corrected chi connectivity index (χ2v) is 8.12. The van der Waals surface area contributed by atoms with Crippen LogP contribution in [0.25, 0.3) is 16.9 Å². The number of anilines is 3. The van der Waals surface area contributed by atoms with E-state index >= 15 is 0 Å². The summed E-state index contributed by atoms with van der Waals surface area (Å²) in [5.41, 5.74) is 6.07. The van der Waals surface area contributed by atoms with Gasteiger partial charge in [-0.3, -0.25) is 14.2 Å². The van der Waals surface area contributed by atoms with E-state index in [2.05, 4.69) is 36.6 Å². The van der Waals surface area contributed by atoms with Crippen molar-refractivity contribution in [1.82, 2.24) is 24.7 Å². The summed E-state index contributed by atoms with van der Waals surface area (Å²) in [5, 5.41) is 6.30. The molecule has 9 nitrogen and oxygen atoms in total. The Hall–Kier alpha value is -3.98. The van der Waals surface area contributed by atoms with Crippen molar-refractivity contribution in [3.63, 3.8) is 0 Å². The molecule has 166 valence electrons. The number of nitrogens with zero attached hydrogens (tertiary/aromatic N) is 5. The zero-order chi connectivity index (χ0) is 22.2. The smallest absolute Gasteiger partial charge is 0.254 e. The number of ether oxygens (including phenoxy) is 1. The third kappa shape index (κ3) is 3.56. The fourth-order valence-corrected chi connectivity index (χ4v) is 4.52. The van der Waals surface area contributed by atoms with Crippen LogP contribution in [0.4, 0.5) is 17.2 Å². The first-order valence-corrected chi connectivity index (χ1v) is 11.1. The van der Waals surface area contributed by atoms with Gasteiger partial charge in [0.15, 0.2) is 5.65 Å². The van der Waals surface area contributed by atoms with E-state index in [1.54, 1.807) is 12.4 Å². The Balaban J connectivity index is 1.31. The number of imidazole rings is 1. The Morgan fingerprint density at radius 2 is 2.00 bits per heavy atom. The Morgan fingerprint density at radius 3 is 2.91 bits per heavy atom. The predicted octanol–water partition coefficient (Wildman–Crippen LogP) is 3.01. The SMILES string of the molecule is O=C1NCc2c(-c3cnc4cnccn34)ccc(Nc3ccc(N4CCCOCC4)cn3)c21. The van der Waals surface area contributed by atoms with Gasteiger partial charge in [0.1, 0.15) is 5.82 Å². The summed E-state index contributed by atoms with van der Waals surface area (Å²) in [6, 6.07) is 7.96. The molecule has 0 aliphatic carbocycles. The molecule has 33 heavy (non-hydrogen) atoms. The van der Waals surface area contributed by atoms with Crippen molar-refractivity contribution in [2.24, 2.45) is 0 Å². The van der Waals surface area contributed by atoms with Gasteiger partial charge in [-0.2, -0.15) is 0 Å². The number of carbonyl (C=O) groups is 1. The number of hydrogen-bond acceptors (Lipinski definition) is 7. The van der Waals surface area contributed by atoms with Gasteiger partial charge in [0, 0.05) is 44.2 Å². The van der Waals surface area contributed by atoms with Crippen molar-refractivity contribution in [2.45, 2.75) is 13.0 Å². The predicted molar refractivity (Wildman–Crippen MR) is 125 cm³/mol. The fourth-order valence-electron chi connectivity index (χ4n) is 4.52. The third-order valence-electron chi connectivity index (χ3n) is 6.16. The lowest BCUT2D eigenvalue weighted by Crippen LogP contribution is -2.25. The number of benzene rings is 1. The summed E-state index contributed by atoms with van der Waals surface area (Å²) in [6.45, 7) is 3.84. The maximum Gasteiger partial charge on any atom is 0.254 e. The molecule has 0 bridgehead atoms. The second-order valence-electron chi connectivity index (χ2n) is 8.12. The van der Waals surface area contributed by atoms with Gasteiger partial charge in [-0.1, -0.05) is 6.07 Å². The van der Waals surface area contributed by atoms with Crippen molar-refractivity contribution in [3.8, 4) is 11.3 Å². The second kappa shape index (κ2) is 8.18. The van der Waals surface area contributed by atoms with Crippen LogP contribution in [0.1, 0.15) is 22.3 Å². The third-order valence-corrected chi connectivity index (χ3v) is 6.16. The number of carbonyl (C=O) groups excluding carboxylic acids is 1.